The highest BCUT2D eigenvalue weighted by Crippen LogP contribution is 2.55. The molecule has 0 amide bonds. The summed E-state index contributed by atoms with van der Waals surface area (Å²) in [7, 11) is 6.19. The summed E-state index contributed by atoms with van der Waals surface area (Å²) in [5.74, 6) is 0.916. The molecule has 1 heterocycles. The summed E-state index contributed by atoms with van der Waals surface area (Å²) in [6.45, 7) is 0.368. The van der Waals surface area contributed by atoms with Crippen LogP contribution in [0.25, 0.3) is 0 Å². The van der Waals surface area contributed by atoms with Crippen LogP contribution in [0.15, 0.2) is 22.7 Å². The van der Waals surface area contributed by atoms with Gasteiger partial charge in [-0.2, -0.15) is 0 Å². The van der Waals surface area contributed by atoms with Gasteiger partial charge in [-0.15, -0.1) is 0 Å². The Kier molecular flexibility index (Phi) is 5.44. The molecular formula is C22H23BrO7. The highest BCUT2D eigenvalue weighted by Gasteiger charge is 2.49. The molecule has 1 N–H and O–H groups in total. The number of phenols is 1. The summed E-state index contributed by atoms with van der Waals surface area (Å²) in [5.41, 5.74) is 2.67. The Morgan fingerprint density at radius 2 is 1.70 bits per heavy atom. The highest BCUT2D eigenvalue weighted by atomic mass is 79.9. The molecule has 7 nitrogen and oxygen atoms in total. The Morgan fingerprint density at radius 3 is 2.33 bits per heavy atom. The molecule has 1 fully saturated rings. The van der Waals surface area contributed by atoms with Crippen molar-refractivity contribution in [3.63, 3.8) is 0 Å². The minimum absolute atomic E-state index is 0.00195. The Labute approximate surface area is 183 Å². The maximum atomic E-state index is 12.8. The van der Waals surface area contributed by atoms with Gasteiger partial charge < -0.3 is 28.8 Å². The number of benzene rings is 2. The van der Waals surface area contributed by atoms with E-state index in [0.29, 0.717) is 40.5 Å². The van der Waals surface area contributed by atoms with Crippen LogP contribution >= 0.6 is 15.9 Å². The van der Waals surface area contributed by atoms with Crippen molar-refractivity contribution in [3.05, 3.63) is 39.4 Å². The third-order valence-corrected chi connectivity index (χ3v) is 6.56. The standard InChI is InChI=1S/C22H23BrO7/c1-26-14-7-11(6-13(23)19(14)24)16-17-10(5-12-9-30-22(25)18(12)16)8-15(27-2)20(28-3)21(17)29-4/h6-8,12,16,18,24H,5,9H2,1-4H3/t12-,16-,18+/m1/s1. The number of cyclic esters (lactones) is 1. The predicted octanol–water partition coefficient (Wildman–Crippen LogP) is 3.67. The van der Waals surface area contributed by atoms with Crippen molar-refractivity contribution in [3.8, 4) is 28.7 Å². The molecule has 3 atom stereocenters. The number of hydrogen-bond donors (Lipinski definition) is 1. The van der Waals surface area contributed by atoms with E-state index in [2.05, 4.69) is 15.9 Å². The van der Waals surface area contributed by atoms with Gasteiger partial charge in [0.15, 0.2) is 23.0 Å². The molecule has 2 aliphatic rings. The minimum atomic E-state index is -0.384. The number of hydrogen-bond acceptors (Lipinski definition) is 7. The third kappa shape index (κ3) is 3.05. The molecule has 2 aromatic rings. The fourth-order valence-corrected chi connectivity index (χ4v) is 5.14. The first-order valence-electron chi connectivity index (χ1n) is 9.49. The van der Waals surface area contributed by atoms with Crippen LogP contribution in [-0.4, -0.2) is 46.1 Å². The van der Waals surface area contributed by atoms with E-state index in [1.54, 1.807) is 33.5 Å². The number of ether oxygens (including phenoxy) is 5. The van der Waals surface area contributed by atoms with Gasteiger partial charge in [-0.05, 0) is 51.7 Å². The van der Waals surface area contributed by atoms with Crippen molar-refractivity contribution in [2.45, 2.75) is 12.3 Å². The molecule has 0 saturated carbocycles. The zero-order valence-electron chi connectivity index (χ0n) is 17.2. The van der Waals surface area contributed by atoms with Crippen LogP contribution in [0.5, 0.6) is 28.7 Å². The Bertz CT molecular complexity index is 1000. The number of carbonyl (C=O) groups is 1. The monoisotopic (exact) mass is 478 g/mol. The van der Waals surface area contributed by atoms with Gasteiger partial charge in [-0.3, -0.25) is 4.79 Å². The van der Waals surface area contributed by atoms with Crippen molar-refractivity contribution in [1.29, 1.82) is 0 Å². The van der Waals surface area contributed by atoms with Gasteiger partial charge in [0.25, 0.3) is 0 Å². The molecule has 30 heavy (non-hydrogen) atoms. The zero-order valence-corrected chi connectivity index (χ0v) is 18.7. The molecule has 0 bridgehead atoms. The smallest absolute Gasteiger partial charge is 0.310 e. The molecule has 0 spiro atoms. The van der Waals surface area contributed by atoms with Crippen molar-refractivity contribution >= 4 is 21.9 Å². The molecule has 0 unspecified atom stereocenters. The first-order valence-corrected chi connectivity index (χ1v) is 10.3. The van der Waals surface area contributed by atoms with Crippen LogP contribution in [0.1, 0.15) is 22.6 Å². The number of phenolic OH excluding ortho intramolecular Hbond substituents is 1. The quantitative estimate of drug-likeness (QED) is 0.656. The number of rotatable bonds is 5. The van der Waals surface area contributed by atoms with Crippen molar-refractivity contribution in [2.24, 2.45) is 11.8 Å². The average Bonchev–Trinajstić information content (AvgIpc) is 3.12. The van der Waals surface area contributed by atoms with Gasteiger partial charge in [0.2, 0.25) is 5.75 Å². The Morgan fingerprint density at radius 1 is 1.00 bits per heavy atom. The maximum Gasteiger partial charge on any atom is 0.310 e. The summed E-state index contributed by atoms with van der Waals surface area (Å²) in [4.78, 5) is 12.8. The molecule has 0 radical (unpaired) electrons. The van der Waals surface area contributed by atoms with Crippen molar-refractivity contribution in [1.82, 2.24) is 0 Å². The normalized spacial score (nSPS) is 22.0. The topological polar surface area (TPSA) is 83.5 Å². The molecule has 1 aliphatic heterocycles. The lowest BCUT2D eigenvalue weighted by Gasteiger charge is -2.35. The molecule has 0 aromatic heterocycles. The van der Waals surface area contributed by atoms with Gasteiger partial charge in [0.1, 0.15) is 0 Å². The lowest BCUT2D eigenvalue weighted by atomic mass is 9.67. The highest BCUT2D eigenvalue weighted by molar-refractivity contribution is 9.10. The molecule has 160 valence electrons. The second-order valence-corrected chi connectivity index (χ2v) is 8.22. The van der Waals surface area contributed by atoms with Crippen LogP contribution in [0.4, 0.5) is 0 Å². The van der Waals surface area contributed by atoms with Crippen LogP contribution in [0, 0.1) is 11.8 Å². The van der Waals surface area contributed by atoms with E-state index in [0.717, 1.165) is 16.7 Å². The first kappa shape index (κ1) is 20.7. The van der Waals surface area contributed by atoms with E-state index in [-0.39, 0.29) is 29.5 Å². The molecular weight excluding hydrogens is 456 g/mol. The van der Waals surface area contributed by atoms with E-state index in [1.807, 2.05) is 6.07 Å². The number of halogens is 1. The Balaban J connectivity index is 2.02. The van der Waals surface area contributed by atoms with Gasteiger partial charge in [-0.1, -0.05) is 0 Å². The van der Waals surface area contributed by atoms with Crippen LogP contribution < -0.4 is 18.9 Å². The fourth-order valence-electron chi connectivity index (χ4n) is 4.68. The van der Waals surface area contributed by atoms with Crippen LogP contribution in [0.2, 0.25) is 0 Å². The summed E-state index contributed by atoms with van der Waals surface area (Å²) in [6, 6.07) is 5.49. The average molecular weight is 479 g/mol. The lowest BCUT2D eigenvalue weighted by Crippen LogP contribution is -2.32. The second-order valence-electron chi connectivity index (χ2n) is 7.37. The fraction of sp³-hybridized carbons (Fsp3) is 0.409. The molecule has 1 saturated heterocycles. The van der Waals surface area contributed by atoms with Crippen LogP contribution in [-0.2, 0) is 16.0 Å². The van der Waals surface area contributed by atoms with E-state index >= 15 is 0 Å². The number of fused-ring (bicyclic) bond motifs is 2. The summed E-state index contributed by atoms with van der Waals surface area (Å²) in [5, 5.41) is 10.3. The molecule has 1 aliphatic carbocycles. The molecule has 8 heteroatoms. The number of aromatic hydroxyl groups is 1. The van der Waals surface area contributed by atoms with Crippen molar-refractivity contribution in [2.75, 3.05) is 35.0 Å². The molecule has 4 rings (SSSR count). The Hall–Kier alpha value is -2.61. The van der Waals surface area contributed by atoms with E-state index in [1.165, 1.54) is 7.11 Å². The lowest BCUT2D eigenvalue weighted by molar-refractivity contribution is -0.141. The largest absolute Gasteiger partial charge is 0.503 e. The number of carbonyl (C=O) groups excluding carboxylic acids is 1. The summed E-state index contributed by atoms with van der Waals surface area (Å²) < 4.78 is 28.2. The molecule has 2 aromatic carbocycles. The first-order chi connectivity index (χ1) is 14.4. The SMILES string of the molecule is COc1cc([C@@H]2c3c(cc(OC)c(OC)c3OC)C[C@@H]3COC(=O)[C@@H]32)cc(Br)c1O. The van der Waals surface area contributed by atoms with Crippen molar-refractivity contribution < 1.29 is 33.6 Å². The number of methoxy groups -OCH3 is 4. The maximum absolute atomic E-state index is 12.8. The summed E-state index contributed by atoms with van der Waals surface area (Å²) >= 11 is 3.40. The van der Waals surface area contributed by atoms with E-state index < -0.39 is 0 Å². The third-order valence-electron chi connectivity index (χ3n) is 5.96. The zero-order chi connectivity index (χ0) is 21.6. The second kappa shape index (κ2) is 7.91. The van der Waals surface area contributed by atoms with E-state index in [4.69, 9.17) is 23.7 Å². The van der Waals surface area contributed by atoms with Gasteiger partial charge in [-0.25, -0.2) is 0 Å². The van der Waals surface area contributed by atoms with Gasteiger partial charge >= 0.3 is 5.97 Å². The van der Waals surface area contributed by atoms with Crippen LogP contribution in [0.3, 0.4) is 0 Å². The minimum Gasteiger partial charge on any atom is -0.503 e. The van der Waals surface area contributed by atoms with E-state index in [9.17, 15) is 9.90 Å². The predicted molar refractivity (Wildman–Crippen MR) is 112 cm³/mol. The van der Waals surface area contributed by atoms with Gasteiger partial charge in [0, 0.05) is 17.4 Å². The summed E-state index contributed by atoms with van der Waals surface area (Å²) in [6.07, 6.45) is 0.662. The van der Waals surface area contributed by atoms with Gasteiger partial charge in [0.05, 0.1) is 45.4 Å². The number of esters is 1.